The van der Waals surface area contributed by atoms with E-state index in [1.54, 1.807) is 14.2 Å². The van der Waals surface area contributed by atoms with E-state index in [-0.39, 0.29) is 6.04 Å². The van der Waals surface area contributed by atoms with Crippen LogP contribution in [0.1, 0.15) is 31.7 Å². The Balaban J connectivity index is 2.07. The average molecular weight is 291 g/mol. The van der Waals surface area contributed by atoms with Gasteiger partial charge in [0, 0.05) is 26.7 Å². The third-order valence-corrected chi connectivity index (χ3v) is 3.30. The number of aryl methyl sites for hydroxylation is 1. The second-order valence-electron chi connectivity index (χ2n) is 5.30. The smallest absolute Gasteiger partial charge is 0.191 e. The van der Waals surface area contributed by atoms with Gasteiger partial charge in [-0.05, 0) is 31.7 Å². The molecule has 0 bridgehead atoms. The predicted molar refractivity (Wildman–Crippen MR) is 89.8 cm³/mol. The highest BCUT2D eigenvalue weighted by Crippen LogP contribution is 2.05. The standard InChI is InChI=1S/C17H29N3O/c1-15(14-21-3)20-17(18-2)19-13-9-5-8-12-16-10-6-4-7-11-16/h4,6-7,10-11,15H,5,8-9,12-14H2,1-3H3,(H2,18,19,20). The van der Waals surface area contributed by atoms with Gasteiger partial charge in [0.25, 0.3) is 0 Å². The number of unbranched alkanes of at least 4 members (excludes halogenated alkanes) is 2. The molecule has 0 aliphatic rings. The molecule has 0 radical (unpaired) electrons. The fourth-order valence-corrected chi connectivity index (χ4v) is 2.20. The van der Waals surface area contributed by atoms with Gasteiger partial charge in [-0.15, -0.1) is 0 Å². The van der Waals surface area contributed by atoms with Gasteiger partial charge in [0.15, 0.2) is 5.96 Å². The first-order valence-corrected chi connectivity index (χ1v) is 7.76. The third-order valence-electron chi connectivity index (χ3n) is 3.30. The number of aliphatic imine (C=N–C) groups is 1. The quantitative estimate of drug-likeness (QED) is 0.418. The van der Waals surface area contributed by atoms with Crippen molar-refractivity contribution in [2.24, 2.45) is 4.99 Å². The summed E-state index contributed by atoms with van der Waals surface area (Å²) in [4.78, 5) is 4.21. The molecule has 0 amide bonds. The summed E-state index contributed by atoms with van der Waals surface area (Å²) in [7, 11) is 3.51. The van der Waals surface area contributed by atoms with Crippen LogP contribution in [0.2, 0.25) is 0 Å². The molecule has 0 fully saturated rings. The number of nitrogens with zero attached hydrogens (tertiary/aromatic N) is 1. The Bertz CT molecular complexity index is 392. The maximum atomic E-state index is 5.10. The first kappa shape index (κ1) is 17.5. The number of ether oxygens (including phenoxy) is 1. The minimum absolute atomic E-state index is 0.263. The zero-order valence-electron chi connectivity index (χ0n) is 13.6. The van der Waals surface area contributed by atoms with Crippen molar-refractivity contribution < 1.29 is 4.74 Å². The van der Waals surface area contributed by atoms with Crippen LogP contribution in [0.25, 0.3) is 0 Å². The van der Waals surface area contributed by atoms with Gasteiger partial charge in [-0.2, -0.15) is 0 Å². The van der Waals surface area contributed by atoms with E-state index in [1.165, 1.54) is 24.8 Å². The number of guanidine groups is 1. The van der Waals surface area contributed by atoms with Crippen LogP contribution in [0.4, 0.5) is 0 Å². The van der Waals surface area contributed by atoms with Crippen molar-refractivity contribution in [3.63, 3.8) is 0 Å². The Labute approximate surface area is 129 Å². The SMILES string of the molecule is CN=C(NCCCCCc1ccccc1)NC(C)COC. The van der Waals surface area contributed by atoms with Crippen molar-refractivity contribution in [3.8, 4) is 0 Å². The molecule has 0 aliphatic carbocycles. The van der Waals surface area contributed by atoms with Crippen LogP contribution in [0, 0.1) is 0 Å². The van der Waals surface area contributed by atoms with Crippen molar-refractivity contribution in [2.45, 2.75) is 38.6 Å². The molecule has 0 spiro atoms. The van der Waals surface area contributed by atoms with Crippen molar-refractivity contribution in [3.05, 3.63) is 35.9 Å². The molecule has 1 atom stereocenters. The molecule has 1 unspecified atom stereocenters. The number of nitrogens with one attached hydrogen (secondary N) is 2. The number of rotatable bonds is 9. The summed E-state index contributed by atoms with van der Waals surface area (Å²) in [5.74, 6) is 0.850. The molecule has 0 saturated heterocycles. The maximum absolute atomic E-state index is 5.10. The molecule has 1 aromatic carbocycles. The molecule has 4 nitrogen and oxygen atoms in total. The molecular weight excluding hydrogens is 262 g/mol. The zero-order valence-corrected chi connectivity index (χ0v) is 13.6. The van der Waals surface area contributed by atoms with Gasteiger partial charge in [-0.1, -0.05) is 36.8 Å². The van der Waals surface area contributed by atoms with E-state index >= 15 is 0 Å². The highest BCUT2D eigenvalue weighted by molar-refractivity contribution is 5.79. The van der Waals surface area contributed by atoms with E-state index in [0.29, 0.717) is 6.61 Å². The van der Waals surface area contributed by atoms with Crippen LogP contribution in [-0.2, 0) is 11.2 Å². The first-order chi connectivity index (χ1) is 10.3. The first-order valence-electron chi connectivity index (χ1n) is 7.76. The van der Waals surface area contributed by atoms with Crippen molar-refractivity contribution in [2.75, 3.05) is 27.3 Å². The van der Waals surface area contributed by atoms with Gasteiger partial charge in [0.05, 0.1) is 6.61 Å². The Morgan fingerprint density at radius 3 is 2.62 bits per heavy atom. The monoisotopic (exact) mass is 291 g/mol. The lowest BCUT2D eigenvalue weighted by atomic mass is 10.1. The summed E-state index contributed by atoms with van der Waals surface area (Å²) in [6, 6.07) is 10.9. The van der Waals surface area contributed by atoms with Crippen LogP contribution < -0.4 is 10.6 Å². The highest BCUT2D eigenvalue weighted by atomic mass is 16.5. The van der Waals surface area contributed by atoms with E-state index in [0.717, 1.165) is 18.9 Å². The fourth-order valence-electron chi connectivity index (χ4n) is 2.20. The van der Waals surface area contributed by atoms with Crippen molar-refractivity contribution >= 4 is 5.96 Å². The van der Waals surface area contributed by atoms with Crippen LogP contribution in [0.5, 0.6) is 0 Å². The molecule has 0 aromatic heterocycles. The topological polar surface area (TPSA) is 45.7 Å². The van der Waals surface area contributed by atoms with E-state index < -0.39 is 0 Å². The summed E-state index contributed by atoms with van der Waals surface area (Å²) >= 11 is 0. The molecule has 4 heteroatoms. The van der Waals surface area contributed by atoms with Gasteiger partial charge < -0.3 is 15.4 Å². The molecule has 1 aromatic rings. The van der Waals surface area contributed by atoms with Gasteiger partial charge in [-0.25, -0.2) is 0 Å². The van der Waals surface area contributed by atoms with Crippen LogP contribution in [0.15, 0.2) is 35.3 Å². The van der Waals surface area contributed by atoms with Crippen LogP contribution in [0.3, 0.4) is 0 Å². The van der Waals surface area contributed by atoms with Gasteiger partial charge >= 0.3 is 0 Å². The lowest BCUT2D eigenvalue weighted by Gasteiger charge is -2.17. The number of methoxy groups -OCH3 is 1. The molecule has 118 valence electrons. The number of hydrogen-bond donors (Lipinski definition) is 2. The minimum atomic E-state index is 0.263. The third kappa shape index (κ3) is 8.35. The minimum Gasteiger partial charge on any atom is -0.383 e. The second-order valence-corrected chi connectivity index (χ2v) is 5.30. The van der Waals surface area contributed by atoms with Gasteiger partial charge in [0.2, 0.25) is 0 Å². The van der Waals surface area contributed by atoms with Crippen LogP contribution in [-0.4, -0.2) is 39.3 Å². The van der Waals surface area contributed by atoms with E-state index in [1.807, 2.05) is 0 Å². The molecule has 21 heavy (non-hydrogen) atoms. The van der Waals surface area contributed by atoms with E-state index in [9.17, 15) is 0 Å². The zero-order chi connectivity index (χ0) is 15.3. The highest BCUT2D eigenvalue weighted by Gasteiger charge is 2.03. The van der Waals surface area contributed by atoms with Crippen molar-refractivity contribution in [1.29, 1.82) is 0 Å². The number of benzene rings is 1. The summed E-state index contributed by atoms with van der Waals surface area (Å²) in [6.07, 6.45) is 4.79. The lowest BCUT2D eigenvalue weighted by Crippen LogP contribution is -2.44. The normalized spacial score (nSPS) is 13.0. The van der Waals surface area contributed by atoms with E-state index in [4.69, 9.17) is 4.74 Å². The van der Waals surface area contributed by atoms with E-state index in [2.05, 4.69) is 52.9 Å². The Hall–Kier alpha value is -1.55. The summed E-state index contributed by atoms with van der Waals surface area (Å²) < 4.78 is 5.10. The summed E-state index contributed by atoms with van der Waals surface area (Å²) in [5.41, 5.74) is 1.43. The predicted octanol–water partition coefficient (Wildman–Crippen LogP) is 2.60. The molecule has 0 saturated carbocycles. The summed E-state index contributed by atoms with van der Waals surface area (Å²) in [5, 5.41) is 6.64. The number of hydrogen-bond acceptors (Lipinski definition) is 2. The fraction of sp³-hybridized carbons (Fsp3) is 0.588. The molecule has 1 rings (SSSR count). The second kappa shape index (κ2) is 11.1. The maximum Gasteiger partial charge on any atom is 0.191 e. The Morgan fingerprint density at radius 1 is 1.19 bits per heavy atom. The molecule has 0 aliphatic heterocycles. The average Bonchev–Trinajstić information content (AvgIpc) is 2.50. The Morgan fingerprint density at radius 2 is 1.95 bits per heavy atom. The largest absolute Gasteiger partial charge is 0.383 e. The van der Waals surface area contributed by atoms with Crippen LogP contribution >= 0.6 is 0 Å². The summed E-state index contributed by atoms with van der Waals surface area (Å²) in [6.45, 7) is 3.71. The lowest BCUT2D eigenvalue weighted by molar-refractivity contribution is 0.179. The molecular formula is C17H29N3O. The van der Waals surface area contributed by atoms with Gasteiger partial charge in [-0.3, -0.25) is 4.99 Å². The molecule has 0 heterocycles. The van der Waals surface area contributed by atoms with Gasteiger partial charge in [0.1, 0.15) is 0 Å². The molecule has 2 N–H and O–H groups in total. The van der Waals surface area contributed by atoms with Crippen molar-refractivity contribution in [1.82, 2.24) is 10.6 Å². The Kier molecular flexibility index (Phi) is 9.29.